The molecule has 0 bridgehead atoms. The SMILES string of the molecule is CN([C@H](c1ccc(C(F)(F)F)cc1)C(F)(F)F)S(=O)(=O)C1=CC2=CCC=CN2C=C1. The largest absolute Gasteiger partial charge is 0.416 e. The molecule has 162 valence electrons. The van der Waals surface area contributed by atoms with E-state index in [0.29, 0.717) is 36.4 Å². The highest BCUT2D eigenvalue weighted by Gasteiger charge is 2.48. The fourth-order valence-corrected chi connectivity index (χ4v) is 4.45. The van der Waals surface area contributed by atoms with Crippen molar-refractivity contribution in [1.82, 2.24) is 9.21 Å². The van der Waals surface area contributed by atoms with Gasteiger partial charge < -0.3 is 4.90 Å². The summed E-state index contributed by atoms with van der Waals surface area (Å²) in [4.78, 5) is 1.25. The summed E-state index contributed by atoms with van der Waals surface area (Å²) in [5, 5.41) is 0. The minimum absolute atomic E-state index is 0.126. The summed E-state index contributed by atoms with van der Waals surface area (Å²) < 4.78 is 105. The average Bonchev–Trinajstić information content (AvgIpc) is 2.66. The number of nitrogens with zero attached hydrogens (tertiary/aromatic N) is 2. The first-order valence-electron chi connectivity index (χ1n) is 8.59. The maximum absolute atomic E-state index is 13.8. The van der Waals surface area contributed by atoms with Gasteiger partial charge in [-0.25, -0.2) is 8.42 Å². The van der Waals surface area contributed by atoms with Gasteiger partial charge in [-0.05, 0) is 36.3 Å². The van der Waals surface area contributed by atoms with Crippen LogP contribution in [0, 0.1) is 0 Å². The lowest BCUT2D eigenvalue weighted by molar-refractivity contribution is -0.171. The maximum atomic E-state index is 13.8. The van der Waals surface area contributed by atoms with Gasteiger partial charge in [0.15, 0.2) is 0 Å². The van der Waals surface area contributed by atoms with E-state index in [4.69, 9.17) is 0 Å². The van der Waals surface area contributed by atoms with Gasteiger partial charge in [-0.15, -0.1) is 0 Å². The molecule has 2 aliphatic rings. The Kier molecular flexibility index (Phi) is 5.63. The van der Waals surface area contributed by atoms with Crippen LogP contribution in [-0.2, 0) is 16.2 Å². The van der Waals surface area contributed by atoms with Crippen molar-refractivity contribution in [3.05, 3.63) is 82.7 Å². The lowest BCUT2D eigenvalue weighted by Gasteiger charge is -2.31. The zero-order chi connectivity index (χ0) is 22.3. The lowest BCUT2D eigenvalue weighted by Crippen LogP contribution is -2.40. The Bertz CT molecular complexity index is 1030. The molecule has 1 aromatic carbocycles. The van der Waals surface area contributed by atoms with Crippen LogP contribution in [0.2, 0.25) is 0 Å². The number of hydrogen-bond donors (Lipinski definition) is 0. The second kappa shape index (κ2) is 7.62. The Balaban J connectivity index is 1.98. The summed E-state index contributed by atoms with van der Waals surface area (Å²) in [6.07, 6.45) is -0.215. The van der Waals surface area contributed by atoms with Crippen LogP contribution in [0.25, 0.3) is 0 Å². The maximum Gasteiger partial charge on any atom is 0.416 e. The van der Waals surface area contributed by atoms with Gasteiger partial charge >= 0.3 is 12.4 Å². The second-order valence-corrected chi connectivity index (χ2v) is 8.60. The van der Waals surface area contributed by atoms with E-state index in [2.05, 4.69) is 0 Å². The summed E-state index contributed by atoms with van der Waals surface area (Å²) in [6, 6.07) is -0.406. The van der Waals surface area contributed by atoms with E-state index in [-0.39, 0.29) is 9.21 Å². The Hall–Kier alpha value is -2.53. The molecule has 30 heavy (non-hydrogen) atoms. The molecule has 0 spiro atoms. The minimum atomic E-state index is -5.06. The van der Waals surface area contributed by atoms with E-state index in [9.17, 15) is 34.8 Å². The quantitative estimate of drug-likeness (QED) is 0.601. The van der Waals surface area contributed by atoms with Crippen LogP contribution in [0.3, 0.4) is 0 Å². The van der Waals surface area contributed by atoms with E-state index in [1.165, 1.54) is 18.4 Å². The summed E-state index contributed by atoms with van der Waals surface area (Å²) in [6.45, 7) is 0. The molecule has 0 aromatic heterocycles. The second-order valence-electron chi connectivity index (χ2n) is 6.60. The summed E-state index contributed by atoms with van der Waals surface area (Å²) in [5.74, 6) is 0. The molecule has 3 rings (SSSR count). The van der Waals surface area contributed by atoms with Gasteiger partial charge in [0.25, 0.3) is 0 Å². The zero-order valence-electron chi connectivity index (χ0n) is 15.4. The number of sulfonamides is 1. The van der Waals surface area contributed by atoms with Crippen molar-refractivity contribution in [3.63, 3.8) is 0 Å². The monoisotopic (exact) mass is 450 g/mol. The van der Waals surface area contributed by atoms with Crippen LogP contribution in [0.15, 0.2) is 71.6 Å². The van der Waals surface area contributed by atoms with Gasteiger partial charge in [-0.2, -0.15) is 30.6 Å². The molecule has 2 aliphatic heterocycles. The zero-order valence-corrected chi connectivity index (χ0v) is 16.3. The van der Waals surface area contributed by atoms with E-state index in [1.54, 1.807) is 17.2 Å². The molecule has 1 aromatic rings. The summed E-state index contributed by atoms with van der Waals surface area (Å²) >= 11 is 0. The number of benzene rings is 1. The van der Waals surface area contributed by atoms with Crippen LogP contribution in [0.5, 0.6) is 0 Å². The molecule has 0 saturated carbocycles. The van der Waals surface area contributed by atoms with Crippen molar-refractivity contribution in [2.75, 3.05) is 7.05 Å². The van der Waals surface area contributed by atoms with Crippen molar-refractivity contribution in [2.45, 2.75) is 24.8 Å². The third-order valence-electron chi connectivity index (χ3n) is 4.62. The van der Waals surface area contributed by atoms with E-state index in [1.807, 2.05) is 6.08 Å². The van der Waals surface area contributed by atoms with Gasteiger partial charge in [-0.1, -0.05) is 24.3 Å². The van der Waals surface area contributed by atoms with Crippen LogP contribution in [0.1, 0.15) is 23.6 Å². The molecule has 0 N–H and O–H groups in total. The lowest BCUT2D eigenvalue weighted by atomic mass is 10.0. The van der Waals surface area contributed by atoms with Crippen molar-refractivity contribution >= 4 is 10.0 Å². The molecule has 0 saturated heterocycles. The van der Waals surface area contributed by atoms with Crippen molar-refractivity contribution in [2.24, 2.45) is 0 Å². The number of allylic oxidation sites excluding steroid dienone is 4. The van der Waals surface area contributed by atoms with Crippen LogP contribution in [-0.4, -0.2) is 30.8 Å². The number of fused-ring (bicyclic) bond motifs is 1. The van der Waals surface area contributed by atoms with E-state index in [0.717, 1.165) is 7.05 Å². The molecular formula is C19H16F6N2O2S. The van der Waals surface area contributed by atoms with Gasteiger partial charge in [0.2, 0.25) is 10.0 Å². The molecule has 0 radical (unpaired) electrons. The molecule has 0 aliphatic carbocycles. The molecule has 2 heterocycles. The van der Waals surface area contributed by atoms with E-state index >= 15 is 0 Å². The first-order chi connectivity index (χ1) is 13.8. The standard InChI is InChI=1S/C19H16F6N2O2S/c1-26(30(28,29)16-9-11-27-10-3-2-4-15(27)12-16)17(19(23,24)25)13-5-7-14(8-6-13)18(20,21)22/h3-12,17H,2H2,1H3/t17-/m1/s1. The minimum Gasteiger partial charge on any atom is -0.324 e. The van der Waals surface area contributed by atoms with Crippen molar-refractivity contribution in [3.8, 4) is 0 Å². The van der Waals surface area contributed by atoms with Crippen LogP contribution >= 0.6 is 0 Å². The molecule has 0 amide bonds. The molecule has 0 unspecified atom stereocenters. The molecule has 0 fully saturated rings. The molecule has 1 atom stereocenters. The Morgan fingerprint density at radius 1 is 1.03 bits per heavy atom. The number of halogens is 6. The Labute approximate surface area is 169 Å². The summed E-state index contributed by atoms with van der Waals surface area (Å²) in [7, 11) is -3.86. The Morgan fingerprint density at radius 3 is 2.23 bits per heavy atom. The Morgan fingerprint density at radius 2 is 1.67 bits per heavy atom. The van der Waals surface area contributed by atoms with Gasteiger partial charge in [0.1, 0.15) is 6.04 Å². The molecule has 11 heteroatoms. The first-order valence-corrected chi connectivity index (χ1v) is 10.0. The average molecular weight is 450 g/mol. The third kappa shape index (κ3) is 4.31. The van der Waals surface area contributed by atoms with Crippen LogP contribution < -0.4 is 0 Å². The fraction of sp³-hybridized carbons (Fsp3) is 0.263. The molecular weight excluding hydrogens is 434 g/mol. The van der Waals surface area contributed by atoms with E-state index < -0.39 is 39.5 Å². The van der Waals surface area contributed by atoms with Gasteiger partial charge in [-0.3, -0.25) is 0 Å². The van der Waals surface area contributed by atoms with Crippen LogP contribution in [0.4, 0.5) is 26.3 Å². The highest BCUT2D eigenvalue weighted by molar-refractivity contribution is 7.93. The highest BCUT2D eigenvalue weighted by Crippen LogP contribution is 2.41. The normalized spacial score (nSPS) is 18.2. The van der Waals surface area contributed by atoms with Gasteiger partial charge in [0.05, 0.1) is 10.5 Å². The van der Waals surface area contributed by atoms with Crippen molar-refractivity contribution in [1.29, 1.82) is 0 Å². The number of rotatable bonds is 4. The topological polar surface area (TPSA) is 40.6 Å². The highest BCUT2D eigenvalue weighted by atomic mass is 32.2. The smallest absolute Gasteiger partial charge is 0.324 e. The number of alkyl halides is 6. The first kappa shape index (κ1) is 22.2. The van der Waals surface area contributed by atoms with Gasteiger partial charge in [0, 0.05) is 25.1 Å². The summed E-state index contributed by atoms with van der Waals surface area (Å²) in [5.41, 5.74) is -1.26. The predicted molar refractivity (Wildman–Crippen MR) is 97.8 cm³/mol. The van der Waals surface area contributed by atoms with Crippen molar-refractivity contribution < 1.29 is 34.8 Å². The predicted octanol–water partition coefficient (Wildman–Crippen LogP) is 5.08. The fourth-order valence-electron chi connectivity index (χ4n) is 3.10. The molecule has 4 nitrogen and oxygen atoms in total. The third-order valence-corrected chi connectivity index (χ3v) is 6.44. The number of hydrogen-bond acceptors (Lipinski definition) is 3.